The number of rotatable bonds is 4. The summed E-state index contributed by atoms with van der Waals surface area (Å²) in [6.45, 7) is 3.07. The summed E-state index contributed by atoms with van der Waals surface area (Å²) >= 11 is 0. The lowest BCUT2D eigenvalue weighted by atomic mass is 10.0. The van der Waals surface area contributed by atoms with E-state index in [4.69, 9.17) is 5.11 Å². The number of carboxylic acid groups (broad SMARTS) is 1. The topological polar surface area (TPSA) is 99.5 Å². The van der Waals surface area contributed by atoms with Crippen LogP contribution in [0, 0.1) is 5.92 Å². The molecule has 2 unspecified atom stereocenters. The van der Waals surface area contributed by atoms with Crippen molar-refractivity contribution in [3.8, 4) is 5.75 Å². The fourth-order valence-corrected chi connectivity index (χ4v) is 1.19. The van der Waals surface area contributed by atoms with E-state index in [2.05, 4.69) is 10.3 Å². The molecular formula is C11H14N2O4. The number of pyridine rings is 1. The maximum atomic E-state index is 11.7. The van der Waals surface area contributed by atoms with Gasteiger partial charge in [0.05, 0.1) is 5.92 Å². The lowest BCUT2D eigenvalue weighted by Crippen LogP contribution is -2.40. The van der Waals surface area contributed by atoms with Crippen LogP contribution >= 0.6 is 0 Å². The average Bonchev–Trinajstić information content (AvgIpc) is 2.28. The van der Waals surface area contributed by atoms with E-state index in [1.54, 1.807) is 6.92 Å². The van der Waals surface area contributed by atoms with Gasteiger partial charge in [0.2, 0.25) is 0 Å². The highest BCUT2D eigenvalue weighted by Crippen LogP contribution is 2.13. The van der Waals surface area contributed by atoms with Gasteiger partial charge in [-0.3, -0.25) is 9.59 Å². The summed E-state index contributed by atoms with van der Waals surface area (Å²) in [5.41, 5.74) is -0.114. The van der Waals surface area contributed by atoms with Crippen molar-refractivity contribution >= 4 is 11.9 Å². The number of carbonyl (C=O) groups is 2. The van der Waals surface area contributed by atoms with Gasteiger partial charge >= 0.3 is 5.97 Å². The minimum Gasteiger partial charge on any atom is -0.505 e. The van der Waals surface area contributed by atoms with Crippen LogP contribution in [0.2, 0.25) is 0 Å². The summed E-state index contributed by atoms with van der Waals surface area (Å²) in [7, 11) is 0. The Balaban J connectivity index is 2.74. The Morgan fingerprint density at radius 1 is 1.41 bits per heavy atom. The SMILES string of the molecule is CC(NC(=O)c1ncccc1O)C(C)C(=O)O. The van der Waals surface area contributed by atoms with Gasteiger partial charge in [-0.05, 0) is 26.0 Å². The summed E-state index contributed by atoms with van der Waals surface area (Å²) in [6, 6.07) is 2.28. The number of nitrogens with one attached hydrogen (secondary N) is 1. The second-order valence-electron chi connectivity index (χ2n) is 3.76. The summed E-state index contributed by atoms with van der Waals surface area (Å²) in [5, 5.41) is 20.7. The summed E-state index contributed by atoms with van der Waals surface area (Å²) in [6.07, 6.45) is 1.37. The average molecular weight is 238 g/mol. The molecule has 1 aromatic rings. The quantitative estimate of drug-likeness (QED) is 0.714. The minimum absolute atomic E-state index is 0.114. The molecule has 17 heavy (non-hydrogen) atoms. The van der Waals surface area contributed by atoms with Crippen LogP contribution in [-0.2, 0) is 4.79 Å². The van der Waals surface area contributed by atoms with E-state index in [9.17, 15) is 14.7 Å². The highest BCUT2D eigenvalue weighted by Gasteiger charge is 2.22. The van der Waals surface area contributed by atoms with Crippen LogP contribution < -0.4 is 5.32 Å². The molecule has 0 aromatic carbocycles. The number of aromatic hydroxyl groups is 1. The number of aliphatic carboxylic acids is 1. The fraction of sp³-hybridized carbons (Fsp3) is 0.364. The third-order valence-corrected chi connectivity index (χ3v) is 2.50. The molecule has 0 bridgehead atoms. The van der Waals surface area contributed by atoms with Gasteiger partial charge in [-0.15, -0.1) is 0 Å². The molecule has 0 saturated carbocycles. The molecule has 2 atom stereocenters. The first-order valence-electron chi connectivity index (χ1n) is 5.11. The first-order chi connectivity index (χ1) is 7.93. The monoisotopic (exact) mass is 238 g/mol. The van der Waals surface area contributed by atoms with Crippen molar-refractivity contribution in [2.24, 2.45) is 5.92 Å². The summed E-state index contributed by atoms with van der Waals surface area (Å²) in [4.78, 5) is 26.1. The molecule has 3 N–H and O–H groups in total. The Morgan fingerprint density at radius 2 is 2.06 bits per heavy atom. The van der Waals surface area contributed by atoms with Crippen LogP contribution in [0.5, 0.6) is 5.75 Å². The Kier molecular flexibility index (Phi) is 4.03. The van der Waals surface area contributed by atoms with Gasteiger partial charge in [0.1, 0.15) is 5.75 Å². The number of nitrogens with zero attached hydrogens (tertiary/aromatic N) is 1. The Bertz CT molecular complexity index is 433. The van der Waals surface area contributed by atoms with Gasteiger partial charge in [0, 0.05) is 12.2 Å². The Morgan fingerprint density at radius 3 is 2.59 bits per heavy atom. The molecule has 0 aliphatic carbocycles. The standard InChI is InChI=1S/C11H14N2O4/c1-6(11(16)17)7(2)13-10(15)9-8(14)4-3-5-12-9/h3-7,14H,1-2H3,(H,13,15)(H,16,17). The van der Waals surface area contributed by atoms with E-state index in [0.717, 1.165) is 0 Å². The van der Waals surface area contributed by atoms with E-state index in [0.29, 0.717) is 0 Å². The maximum absolute atomic E-state index is 11.7. The molecule has 0 saturated heterocycles. The summed E-state index contributed by atoms with van der Waals surface area (Å²) in [5.74, 6) is -2.54. The van der Waals surface area contributed by atoms with Crippen LogP contribution in [0.4, 0.5) is 0 Å². The second kappa shape index (κ2) is 5.29. The molecule has 0 aliphatic rings. The van der Waals surface area contributed by atoms with Gasteiger partial charge in [0.15, 0.2) is 5.69 Å². The number of carbonyl (C=O) groups excluding carboxylic acids is 1. The van der Waals surface area contributed by atoms with Crippen molar-refractivity contribution in [3.05, 3.63) is 24.0 Å². The molecule has 6 heteroatoms. The zero-order valence-corrected chi connectivity index (χ0v) is 9.54. The smallest absolute Gasteiger partial charge is 0.308 e. The highest BCUT2D eigenvalue weighted by molar-refractivity contribution is 5.95. The van der Waals surface area contributed by atoms with E-state index < -0.39 is 23.8 Å². The van der Waals surface area contributed by atoms with E-state index in [-0.39, 0.29) is 11.4 Å². The molecule has 1 amide bonds. The van der Waals surface area contributed by atoms with Crippen molar-refractivity contribution in [3.63, 3.8) is 0 Å². The maximum Gasteiger partial charge on any atom is 0.308 e. The molecule has 92 valence electrons. The van der Waals surface area contributed by atoms with Crippen molar-refractivity contribution in [2.75, 3.05) is 0 Å². The van der Waals surface area contributed by atoms with Gasteiger partial charge in [-0.1, -0.05) is 0 Å². The first kappa shape index (κ1) is 13.0. The molecule has 0 aliphatic heterocycles. The molecular weight excluding hydrogens is 224 g/mol. The van der Waals surface area contributed by atoms with Crippen molar-refractivity contribution < 1.29 is 19.8 Å². The molecule has 1 rings (SSSR count). The third kappa shape index (κ3) is 3.17. The lowest BCUT2D eigenvalue weighted by Gasteiger charge is -2.17. The van der Waals surface area contributed by atoms with Crippen LogP contribution in [0.3, 0.4) is 0 Å². The summed E-state index contributed by atoms with van der Waals surface area (Å²) < 4.78 is 0. The zero-order chi connectivity index (χ0) is 13.0. The number of hydrogen-bond donors (Lipinski definition) is 3. The van der Waals surface area contributed by atoms with Gasteiger partial charge in [0.25, 0.3) is 5.91 Å². The number of amides is 1. The van der Waals surface area contributed by atoms with Gasteiger partial charge in [-0.25, -0.2) is 4.98 Å². The van der Waals surface area contributed by atoms with E-state index in [1.165, 1.54) is 25.3 Å². The van der Waals surface area contributed by atoms with E-state index in [1.807, 2.05) is 0 Å². The van der Waals surface area contributed by atoms with Crippen molar-refractivity contribution in [2.45, 2.75) is 19.9 Å². The molecule has 0 fully saturated rings. The molecule has 0 radical (unpaired) electrons. The predicted molar refractivity (Wildman–Crippen MR) is 59.6 cm³/mol. The first-order valence-corrected chi connectivity index (χ1v) is 5.11. The number of carboxylic acids is 1. The van der Waals surface area contributed by atoms with Crippen LogP contribution in [0.1, 0.15) is 24.3 Å². The molecule has 0 spiro atoms. The van der Waals surface area contributed by atoms with Crippen molar-refractivity contribution in [1.82, 2.24) is 10.3 Å². The molecule has 1 aromatic heterocycles. The minimum atomic E-state index is -0.997. The van der Waals surface area contributed by atoms with Crippen LogP contribution in [0.25, 0.3) is 0 Å². The predicted octanol–water partition coefficient (Wildman–Crippen LogP) is 0.626. The van der Waals surface area contributed by atoms with Gasteiger partial charge < -0.3 is 15.5 Å². The van der Waals surface area contributed by atoms with Crippen LogP contribution in [0.15, 0.2) is 18.3 Å². The van der Waals surface area contributed by atoms with Crippen LogP contribution in [-0.4, -0.2) is 33.1 Å². The third-order valence-electron chi connectivity index (χ3n) is 2.50. The second-order valence-corrected chi connectivity index (χ2v) is 3.76. The lowest BCUT2D eigenvalue weighted by molar-refractivity contribution is -0.141. The normalized spacial score (nSPS) is 13.8. The number of hydrogen-bond acceptors (Lipinski definition) is 4. The Hall–Kier alpha value is -2.11. The zero-order valence-electron chi connectivity index (χ0n) is 9.54. The molecule has 1 heterocycles. The highest BCUT2D eigenvalue weighted by atomic mass is 16.4. The fourth-order valence-electron chi connectivity index (χ4n) is 1.19. The van der Waals surface area contributed by atoms with Crippen molar-refractivity contribution in [1.29, 1.82) is 0 Å². The Labute approximate surface area is 98.3 Å². The van der Waals surface area contributed by atoms with Gasteiger partial charge in [-0.2, -0.15) is 0 Å². The molecule has 6 nitrogen and oxygen atoms in total. The van der Waals surface area contributed by atoms with E-state index >= 15 is 0 Å². The number of aromatic nitrogens is 1. The largest absolute Gasteiger partial charge is 0.505 e.